The van der Waals surface area contributed by atoms with Crippen molar-refractivity contribution in [2.45, 2.75) is 52.0 Å². The Morgan fingerprint density at radius 3 is 2.05 bits per heavy atom. The van der Waals surface area contributed by atoms with Gasteiger partial charge in [0.15, 0.2) is 0 Å². The normalized spacial score (nSPS) is 16.8. The van der Waals surface area contributed by atoms with Crippen LogP contribution in [-0.2, 0) is 5.54 Å². The largest absolute Gasteiger partial charge is 0.317 e. The van der Waals surface area contributed by atoms with Crippen molar-refractivity contribution in [1.29, 1.82) is 0 Å². The monoisotopic (exact) mass is 295 g/mol. The molecule has 0 heterocycles. The highest BCUT2D eigenvalue weighted by atomic mass is 14.8. The lowest BCUT2D eigenvalue weighted by Crippen LogP contribution is -2.45. The third-order valence-corrected chi connectivity index (χ3v) is 5.19. The van der Waals surface area contributed by atoms with Gasteiger partial charge in [0.2, 0.25) is 0 Å². The van der Waals surface area contributed by atoms with Crippen LogP contribution in [-0.4, -0.2) is 0 Å². The lowest BCUT2D eigenvalue weighted by Gasteiger charge is -2.38. The molecular formula is C21H29N. The Morgan fingerprint density at radius 1 is 0.864 bits per heavy atom. The summed E-state index contributed by atoms with van der Waals surface area (Å²) >= 11 is 0. The number of hydrogen-bond acceptors (Lipinski definition) is 1. The van der Waals surface area contributed by atoms with E-state index in [-0.39, 0.29) is 0 Å². The molecule has 2 rings (SSSR count). The van der Waals surface area contributed by atoms with Gasteiger partial charge in [0, 0.05) is 0 Å². The predicted octanol–water partition coefficient (Wildman–Crippen LogP) is 5.45. The molecule has 22 heavy (non-hydrogen) atoms. The van der Waals surface area contributed by atoms with Crippen molar-refractivity contribution in [3.05, 3.63) is 71.3 Å². The molecule has 2 N–H and O–H groups in total. The average molecular weight is 295 g/mol. The van der Waals surface area contributed by atoms with Crippen LogP contribution in [0.1, 0.15) is 63.1 Å². The van der Waals surface area contributed by atoms with E-state index in [1.165, 1.54) is 16.7 Å². The number of nitrogens with two attached hydrogens (primary N) is 1. The predicted molar refractivity (Wildman–Crippen MR) is 96.0 cm³/mol. The van der Waals surface area contributed by atoms with Gasteiger partial charge in [0.05, 0.1) is 5.54 Å². The molecule has 0 aliphatic heterocycles. The zero-order valence-electron chi connectivity index (χ0n) is 14.3. The quantitative estimate of drug-likeness (QED) is 0.753. The summed E-state index contributed by atoms with van der Waals surface area (Å²) in [7, 11) is 0. The van der Waals surface area contributed by atoms with E-state index < -0.39 is 5.54 Å². The molecule has 2 aromatic carbocycles. The molecule has 2 aromatic rings. The zero-order chi connectivity index (χ0) is 16.2. The van der Waals surface area contributed by atoms with Crippen LogP contribution in [0.15, 0.2) is 54.6 Å². The van der Waals surface area contributed by atoms with Crippen molar-refractivity contribution < 1.29 is 0 Å². The number of hydrogen-bond donors (Lipinski definition) is 1. The van der Waals surface area contributed by atoms with Crippen LogP contribution < -0.4 is 5.73 Å². The van der Waals surface area contributed by atoms with Crippen molar-refractivity contribution in [1.82, 2.24) is 0 Å². The molecule has 0 saturated carbocycles. The van der Waals surface area contributed by atoms with Gasteiger partial charge in [-0.3, -0.25) is 0 Å². The van der Waals surface area contributed by atoms with Gasteiger partial charge in [-0.2, -0.15) is 0 Å². The Hall–Kier alpha value is -1.60. The Morgan fingerprint density at radius 2 is 1.45 bits per heavy atom. The summed E-state index contributed by atoms with van der Waals surface area (Å²) < 4.78 is 0. The lowest BCUT2D eigenvalue weighted by atomic mass is 9.70. The first-order valence-electron chi connectivity index (χ1n) is 8.49. The maximum Gasteiger partial charge on any atom is 0.0694 e. The van der Waals surface area contributed by atoms with E-state index in [1.54, 1.807) is 0 Å². The molecule has 0 amide bonds. The fourth-order valence-corrected chi connectivity index (χ4v) is 3.26. The summed E-state index contributed by atoms with van der Waals surface area (Å²) in [5, 5.41) is 0. The molecule has 3 unspecified atom stereocenters. The van der Waals surface area contributed by atoms with Crippen molar-refractivity contribution >= 4 is 0 Å². The molecule has 3 atom stereocenters. The molecule has 0 bridgehead atoms. The van der Waals surface area contributed by atoms with E-state index in [9.17, 15) is 0 Å². The second kappa shape index (κ2) is 7.11. The van der Waals surface area contributed by atoms with Gasteiger partial charge in [-0.25, -0.2) is 0 Å². The number of rotatable bonds is 6. The van der Waals surface area contributed by atoms with E-state index in [2.05, 4.69) is 82.3 Å². The summed E-state index contributed by atoms with van der Waals surface area (Å²) in [5.74, 6) is 0.895. The van der Waals surface area contributed by atoms with Crippen LogP contribution in [0.4, 0.5) is 0 Å². The van der Waals surface area contributed by atoms with Crippen molar-refractivity contribution in [3.63, 3.8) is 0 Å². The number of benzene rings is 2. The molecule has 0 aliphatic rings. The van der Waals surface area contributed by atoms with Crippen LogP contribution in [0.25, 0.3) is 0 Å². The van der Waals surface area contributed by atoms with E-state index in [0.29, 0.717) is 11.8 Å². The average Bonchev–Trinajstić information content (AvgIpc) is 2.60. The maximum atomic E-state index is 7.09. The first-order valence-corrected chi connectivity index (χ1v) is 8.49. The van der Waals surface area contributed by atoms with E-state index in [0.717, 1.165) is 12.8 Å². The van der Waals surface area contributed by atoms with Gasteiger partial charge >= 0.3 is 0 Å². The van der Waals surface area contributed by atoms with E-state index >= 15 is 0 Å². The summed E-state index contributed by atoms with van der Waals surface area (Å²) in [6.45, 7) is 9.02. The molecule has 0 spiro atoms. The minimum atomic E-state index is -0.434. The second-order valence-electron chi connectivity index (χ2n) is 6.44. The highest BCUT2D eigenvalue weighted by Gasteiger charge is 2.36. The molecule has 0 aromatic heterocycles. The van der Waals surface area contributed by atoms with Gasteiger partial charge in [0.25, 0.3) is 0 Å². The van der Waals surface area contributed by atoms with Crippen LogP contribution in [0.5, 0.6) is 0 Å². The molecule has 0 saturated heterocycles. The SMILES string of the molecule is CCC(C)c1ccccc1C(N)(c1ccccc1)C(C)CC. The van der Waals surface area contributed by atoms with Crippen molar-refractivity contribution in [3.8, 4) is 0 Å². The topological polar surface area (TPSA) is 26.0 Å². The van der Waals surface area contributed by atoms with Crippen LogP contribution in [0.3, 0.4) is 0 Å². The molecule has 1 heteroatoms. The third kappa shape index (κ3) is 2.96. The fraction of sp³-hybridized carbons (Fsp3) is 0.429. The van der Waals surface area contributed by atoms with Crippen LogP contribution in [0.2, 0.25) is 0 Å². The Kier molecular flexibility index (Phi) is 5.42. The first-order chi connectivity index (χ1) is 10.6. The van der Waals surface area contributed by atoms with Crippen molar-refractivity contribution in [2.24, 2.45) is 11.7 Å². The molecule has 0 fully saturated rings. The lowest BCUT2D eigenvalue weighted by molar-refractivity contribution is 0.341. The van der Waals surface area contributed by atoms with Crippen molar-refractivity contribution in [2.75, 3.05) is 0 Å². The highest BCUT2D eigenvalue weighted by molar-refractivity contribution is 5.44. The Bertz CT molecular complexity index is 590. The Labute approximate surface area is 135 Å². The van der Waals surface area contributed by atoms with Crippen LogP contribution >= 0.6 is 0 Å². The summed E-state index contributed by atoms with van der Waals surface area (Å²) in [6, 6.07) is 19.3. The third-order valence-electron chi connectivity index (χ3n) is 5.19. The minimum absolute atomic E-state index is 0.375. The smallest absolute Gasteiger partial charge is 0.0694 e. The van der Waals surface area contributed by atoms with Gasteiger partial charge in [0.1, 0.15) is 0 Å². The molecule has 0 radical (unpaired) electrons. The molecule has 0 aliphatic carbocycles. The summed E-state index contributed by atoms with van der Waals surface area (Å²) in [5.41, 5.74) is 10.5. The zero-order valence-corrected chi connectivity index (χ0v) is 14.3. The van der Waals surface area contributed by atoms with Crippen LogP contribution in [0, 0.1) is 5.92 Å². The van der Waals surface area contributed by atoms with Gasteiger partial charge in [-0.05, 0) is 34.9 Å². The van der Waals surface area contributed by atoms with E-state index in [4.69, 9.17) is 5.73 Å². The van der Waals surface area contributed by atoms with E-state index in [1.807, 2.05) is 0 Å². The summed E-state index contributed by atoms with van der Waals surface area (Å²) in [6.07, 6.45) is 2.18. The fourth-order valence-electron chi connectivity index (χ4n) is 3.26. The Balaban J connectivity index is 2.66. The maximum absolute atomic E-state index is 7.09. The first kappa shape index (κ1) is 16.8. The van der Waals surface area contributed by atoms with Gasteiger partial charge < -0.3 is 5.73 Å². The van der Waals surface area contributed by atoms with Gasteiger partial charge in [-0.15, -0.1) is 0 Å². The second-order valence-corrected chi connectivity index (χ2v) is 6.44. The van der Waals surface area contributed by atoms with Gasteiger partial charge in [-0.1, -0.05) is 88.7 Å². The molecule has 118 valence electrons. The summed E-state index contributed by atoms with van der Waals surface area (Å²) in [4.78, 5) is 0. The minimum Gasteiger partial charge on any atom is -0.317 e. The molecular weight excluding hydrogens is 266 g/mol. The molecule has 1 nitrogen and oxygen atoms in total. The standard InChI is InChI=1S/C21H29N/c1-5-16(3)19-14-10-11-15-20(19)21(22,17(4)6-2)18-12-8-7-9-13-18/h7-17H,5-6,22H2,1-4H3. The highest BCUT2D eigenvalue weighted by Crippen LogP contribution is 2.40.